The van der Waals surface area contributed by atoms with Gasteiger partial charge < -0.3 is 24.2 Å². The van der Waals surface area contributed by atoms with Gasteiger partial charge in [-0.2, -0.15) is 0 Å². The van der Waals surface area contributed by atoms with Crippen LogP contribution in [0, 0.1) is 0 Å². The molecule has 0 saturated carbocycles. The Bertz CT molecular complexity index is 1090. The summed E-state index contributed by atoms with van der Waals surface area (Å²) in [6, 6.07) is 10.1. The molecule has 1 N–H and O–H groups in total. The molecule has 0 radical (unpaired) electrons. The molecular formula is C24H24ClNO7. The van der Waals surface area contributed by atoms with E-state index >= 15 is 0 Å². The number of methoxy groups -OCH3 is 1. The number of aliphatic hydroxyl groups excluding tert-OH is 1. The Hall–Kier alpha value is -3.36. The average Bonchev–Trinajstić information content (AvgIpc) is 3.03. The standard InChI is InChI=1S/C24H24ClNO7/c1-4-32-19-13-16(7-10-18(19)25)22(28)20-21(26(11-12-31-3)24(30)23(20)29)15-5-8-17(9-6-15)33-14(2)27/h5-10,13,21,28H,4,11-12H2,1-3H3/b22-20-. The van der Waals surface area contributed by atoms with Crippen molar-refractivity contribution in [3.63, 3.8) is 0 Å². The van der Waals surface area contributed by atoms with Gasteiger partial charge >= 0.3 is 5.97 Å². The molecular weight excluding hydrogens is 450 g/mol. The molecule has 1 heterocycles. The van der Waals surface area contributed by atoms with E-state index in [9.17, 15) is 19.5 Å². The lowest BCUT2D eigenvalue weighted by Gasteiger charge is -2.25. The first-order chi connectivity index (χ1) is 15.8. The number of nitrogens with zero attached hydrogens (tertiary/aromatic N) is 1. The lowest BCUT2D eigenvalue weighted by molar-refractivity contribution is -0.140. The van der Waals surface area contributed by atoms with Gasteiger partial charge in [-0.1, -0.05) is 23.7 Å². The van der Waals surface area contributed by atoms with Crippen LogP contribution in [0.5, 0.6) is 11.5 Å². The zero-order valence-corrected chi connectivity index (χ0v) is 19.2. The molecule has 2 aromatic carbocycles. The maximum absolute atomic E-state index is 13.0. The smallest absolute Gasteiger partial charge is 0.308 e. The van der Waals surface area contributed by atoms with Crippen LogP contribution in [0.15, 0.2) is 48.0 Å². The molecule has 0 bridgehead atoms. The molecule has 1 atom stereocenters. The van der Waals surface area contributed by atoms with Crippen molar-refractivity contribution in [2.45, 2.75) is 19.9 Å². The molecule has 1 amide bonds. The van der Waals surface area contributed by atoms with Crippen LogP contribution in [0.25, 0.3) is 5.76 Å². The number of amides is 1. The van der Waals surface area contributed by atoms with Gasteiger partial charge in [0.1, 0.15) is 17.3 Å². The van der Waals surface area contributed by atoms with E-state index in [-0.39, 0.29) is 30.0 Å². The van der Waals surface area contributed by atoms with E-state index in [1.165, 1.54) is 25.0 Å². The third-order valence-electron chi connectivity index (χ3n) is 5.04. The van der Waals surface area contributed by atoms with Crippen molar-refractivity contribution in [1.29, 1.82) is 0 Å². The van der Waals surface area contributed by atoms with Gasteiger partial charge in [-0.25, -0.2) is 0 Å². The van der Waals surface area contributed by atoms with Gasteiger partial charge in [-0.3, -0.25) is 14.4 Å². The van der Waals surface area contributed by atoms with E-state index in [0.717, 1.165) is 0 Å². The zero-order valence-electron chi connectivity index (χ0n) is 18.5. The summed E-state index contributed by atoms with van der Waals surface area (Å²) in [7, 11) is 1.49. The van der Waals surface area contributed by atoms with E-state index in [1.807, 2.05) is 0 Å². The fraction of sp³-hybridized carbons (Fsp3) is 0.292. The quantitative estimate of drug-likeness (QED) is 0.205. The number of esters is 1. The van der Waals surface area contributed by atoms with Crippen molar-refractivity contribution in [2.24, 2.45) is 0 Å². The number of carbonyl (C=O) groups is 3. The van der Waals surface area contributed by atoms with Crippen LogP contribution >= 0.6 is 11.6 Å². The van der Waals surface area contributed by atoms with Gasteiger partial charge in [0, 0.05) is 26.1 Å². The molecule has 174 valence electrons. The minimum atomic E-state index is -0.863. The number of carbonyl (C=O) groups excluding carboxylic acids is 3. The van der Waals surface area contributed by atoms with Crippen molar-refractivity contribution in [1.82, 2.24) is 4.90 Å². The number of benzene rings is 2. The molecule has 9 heteroatoms. The van der Waals surface area contributed by atoms with Crippen molar-refractivity contribution in [3.05, 3.63) is 64.2 Å². The average molecular weight is 474 g/mol. The number of ether oxygens (including phenoxy) is 3. The fourth-order valence-electron chi connectivity index (χ4n) is 3.60. The molecule has 0 aromatic heterocycles. The predicted molar refractivity (Wildman–Crippen MR) is 121 cm³/mol. The molecule has 8 nitrogen and oxygen atoms in total. The minimum Gasteiger partial charge on any atom is -0.507 e. The Labute approximate surface area is 196 Å². The number of likely N-dealkylation sites (tertiary alicyclic amines) is 1. The van der Waals surface area contributed by atoms with Gasteiger partial charge in [0.05, 0.1) is 29.9 Å². The third kappa shape index (κ3) is 5.18. The van der Waals surface area contributed by atoms with Crippen molar-refractivity contribution < 1.29 is 33.7 Å². The topological polar surface area (TPSA) is 102 Å². The van der Waals surface area contributed by atoms with Crippen molar-refractivity contribution in [3.8, 4) is 11.5 Å². The molecule has 33 heavy (non-hydrogen) atoms. The normalized spacial score (nSPS) is 17.3. The summed E-state index contributed by atoms with van der Waals surface area (Å²) in [4.78, 5) is 38.4. The summed E-state index contributed by atoms with van der Waals surface area (Å²) in [5.41, 5.74) is 0.775. The predicted octanol–water partition coefficient (Wildman–Crippen LogP) is 3.73. The second-order valence-electron chi connectivity index (χ2n) is 7.23. The highest BCUT2D eigenvalue weighted by Gasteiger charge is 2.45. The van der Waals surface area contributed by atoms with Crippen molar-refractivity contribution in [2.75, 3.05) is 26.9 Å². The summed E-state index contributed by atoms with van der Waals surface area (Å²) < 4.78 is 15.6. The summed E-state index contributed by atoms with van der Waals surface area (Å²) in [5, 5.41) is 11.5. The molecule has 0 spiro atoms. The Kier molecular flexibility index (Phi) is 7.73. The Morgan fingerprint density at radius 2 is 1.85 bits per heavy atom. The summed E-state index contributed by atoms with van der Waals surface area (Å²) in [6.45, 7) is 3.78. The molecule has 2 aromatic rings. The molecule has 1 aliphatic heterocycles. The number of halogens is 1. The largest absolute Gasteiger partial charge is 0.507 e. The van der Waals surface area contributed by atoms with Gasteiger partial charge in [0.25, 0.3) is 11.7 Å². The van der Waals surface area contributed by atoms with E-state index in [2.05, 4.69) is 0 Å². The number of hydrogen-bond acceptors (Lipinski definition) is 7. The van der Waals surface area contributed by atoms with Gasteiger partial charge in [-0.15, -0.1) is 0 Å². The van der Waals surface area contributed by atoms with E-state index in [1.54, 1.807) is 43.3 Å². The Morgan fingerprint density at radius 3 is 2.45 bits per heavy atom. The van der Waals surface area contributed by atoms with Crippen LogP contribution in [-0.2, 0) is 19.1 Å². The van der Waals surface area contributed by atoms with Gasteiger partial charge in [-0.05, 0) is 42.8 Å². The molecule has 1 unspecified atom stereocenters. The molecule has 1 fully saturated rings. The van der Waals surface area contributed by atoms with E-state index < -0.39 is 23.7 Å². The molecule has 0 aliphatic carbocycles. The highest BCUT2D eigenvalue weighted by molar-refractivity contribution is 6.46. The van der Waals surface area contributed by atoms with Crippen LogP contribution in [0.4, 0.5) is 0 Å². The number of Topliss-reactive ketones (excluding diaryl/α,β-unsaturated/α-hetero) is 1. The highest BCUT2D eigenvalue weighted by Crippen LogP contribution is 2.40. The van der Waals surface area contributed by atoms with Crippen LogP contribution in [0.1, 0.15) is 31.0 Å². The van der Waals surface area contributed by atoms with Crippen LogP contribution < -0.4 is 9.47 Å². The third-order valence-corrected chi connectivity index (χ3v) is 5.35. The highest BCUT2D eigenvalue weighted by atomic mass is 35.5. The minimum absolute atomic E-state index is 0.0684. The second-order valence-corrected chi connectivity index (χ2v) is 7.63. The maximum atomic E-state index is 13.0. The summed E-state index contributed by atoms with van der Waals surface area (Å²) in [5.74, 6) is -1.72. The van der Waals surface area contributed by atoms with Gasteiger partial charge in [0.2, 0.25) is 0 Å². The number of rotatable bonds is 8. The summed E-state index contributed by atoms with van der Waals surface area (Å²) >= 11 is 6.15. The summed E-state index contributed by atoms with van der Waals surface area (Å²) in [6.07, 6.45) is 0. The fourth-order valence-corrected chi connectivity index (χ4v) is 3.78. The van der Waals surface area contributed by atoms with Crippen LogP contribution in [-0.4, -0.2) is 54.5 Å². The van der Waals surface area contributed by atoms with Crippen LogP contribution in [0.3, 0.4) is 0 Å². The van der Waals surface area contributed by atoms with Gasteiger partial charge in [0.15, 0.2) is 0 Å². The zero-order chi connectivity index (χ0) is 24.1. The molecule has 1 aliphatic rings. The number of hydrogen-bond donors (Lipinski definition) is 1. The first kappa shape index (κ1) is 24.3. The Morgan fingerprint density at radius 1 is 1.15 bits per heavy atom. The molecule has 3 rings (SSSR count). The SMILES string of the molecule is CCOc1cc(/C(O)=C2/C(=O)C(=O)N(CCOC)C2c2ccc(OC(C)=O)cc2)ccc1Cl. The van der Waals surface area contributed by atoms with Crippen molar-refractivity contribution >= 4 is 35.0 Å². The van der Waals surface area contributed by atoms with Crippen LogP contribution in [0.2, 0.25) is 5.02 Å². The first-order valence-electron chi connectivity index (χ1n) is 10.3. The van der Waals surface area contributed by atoms with E-state index in [0.29, 0.717) is 28.7 Å². The Balaban J connectivity index is 2.12. The second kappa shape index (κ2) is 10.5. The first-order valence-corrected chi connectivity index (χ1v) is 10.6. The number of aliphatic hydroxyl groups is 1. The van der Waals surface area contributed by atoms with E-state index in [4.69, 9.17) is 25.8 Å². The lowest BCUT2D eigenvalue weighted by Crippen LogP contribution is -2.32. The number of ketones is 1. The lowest BCUT2D eigenvalue weighted by atomic mass is 9.95. The molecule has 1 saturated heterocycles. The maximum Gasteiger partial charge on any atom is 0.308 e. The monoisotopic (exact) mass is 473 g/mol.